The van der Waals surface area contributed by atoms with Gasteiger partial charge in [0, 0.05) is 6.07 Å². The highest BCUT2D eigenvalue weighted by Gasteiger charge is 2.19. The summed E-state index contributed by atoms with van der Waals surface area (Å²) >= 11 is 0. The molecule has 0 unspecified atom stereocenters. The van der Waals surface area contributed by atoms with Gasteiger partial charge < -0.3 is 0 Å². The van der Waals surface area contributed by atoms with E-state index < -0.39 is 4.92 Å². The molecule has 1 aromatic heterocycles. The molecule has 1 N–H and O–H groups in total. The molecule has 0 amide bonds. The number of aromatic nitrogens is 3. The van der Waals surface area contributed by atoms with E-state index in [1.807, 2.05) is 6.07 Å². The predicted molar refractivity (Wildman–Crippen MR) is 71.2 cm³/mol. The fourth-order valence-corrected chi connectivity index (χ4v) is 1.74. The van der Waals surface area contributed by atoms with Crippen LogP contribution in [0.25, 0.3) is 11.0 Å². The third kappa shape index (κ3) is 2.09. The molecule has 0 aliphatic carbocycles. The van der Waals surface area contributed by atoms with Crippen LogP contribution >= 0.6 is 0 Å². The van der Waals surface area contributed by atoms with Crippen molar-refractivity contribution in [2.24, 2.45) is 10.2 Å². The van der Waals surface area contributed by atoms with Gasteiger partial charge in [-0.15, -0.1) is 5.11 Å². The van der Waals surface area contributed by atoms with Crippen molar-refractivity contribution in [1.82, 2.24) is 15.4 Å². The smallest absolute Gasteiger partial charge is 0.258 e. The number of azo groups is 1. The van der Waals surface area contributed by atoms with Crippen molar-refractivity contribution < 1.29 is 4.92 Å². The van der Waals surface area contributed by atoms with Gasteiger partial charge in [-0.2, -0.15) is 20.5 Å². The maximum absolute atomic E-state index is 11.0. The third-order valence-corrected chi connectivity index (χ3v) is 2.66. The molecule has 98 valence electrons. The van der Waals surface area contributed by atoms with E-state index in [1.165, 1.54) is 12.1 Å². The Labute approximate surface area is 112 Å². The molecule has 2 aromatic carbocycles. The molecule has 0 atom stereocenters. The fourth-order valence-electron chi connectivity index (χ4n) is 1.74. The number of H-pyrrole nitrogens is 1. The van der Waals surface area contributed by atoms with Crippen LogP contribution in [0.2, 0.25) is 0 Å². The minimum Gasteiger partial charge on any atom is -0.258 e. The highest BCUT2D eigenvalue weighted by atomic mass is 16.6. The Balaban J connectivity index is 2.13. The van der Waals surface area contributed by atoms with Gasteiger partial charge in [-0.25, -0.2) is 0 Å². The van der Waals surface area contributed by atoms with Crippen LogP contribution in [0.4, 0.5) is 17.1 Å². The first-order valence-corrected chi connectivity index (χ1v) is 5.70. The van der Waals surface area contributed by atoms with Crippen molar-refractivity contribution in [3.63, 3.8) is 0 Å². The van der Waals surface area contributed by atoms with Crippen LogP contribution in [-0.4, -0.2) is 20.3 Å². The van der Waals surface area contributed by atoms with Gasteiger partial charge in [0.1, 0.15) is 11.0 Å². The van der Waals surface area contributed by atoms with Crippen LogP contribution < -0.4 is 0 Å². The van der Waals surface area contributed by atoms with Crippen molar-refractivity contribution in [1.29, 1.82) is 0 Å². The third-order valence-electron chi connectivity index (χ3n) is 2.66. The Kier molecular flexibility index (Phi) is 2.88. The molecule has 0 spiro atoms. The number of rotatable bonds is 3. The lowest BCUT2D eigenvalue weighted by Crippen LogP contribution is -1.88. The second-order valence-electron chi connectivity index (χ2n) is 3.92. The molecule has 0 radical (unpaired) electrons. The van der Waals surface area contributed by atoms with Crippen LogP contribution in [0.15, 0.2) is 52.7 Å². The number of nitro groups is 1. The molecule has 20 heavy (non-hydrogen) atoms. The molecular formula is C12H8N6O2. The Morgan fingerprint density at radius 2 is 1.85 bits per heavy atom. The SMILES string of the molecule is O=[N+]([O-])c1ccc2n[nH]nc2c1N=Nc1ccccc1. The Morgan fingerprint density at radius 3 is 2.60 bits per heavy atom. The van der Waals surface area contributed by atoms with Gasteiger partial charge in [-0.1, -0.05) is 18.2 Å². The maximum Gasteiger partial charge on any atom is 0.299 e. The average molecular weight is 268 g/mol. The summed E-state index contributed by atoms with van der Waals surface area (Å²) < 4.78 is 0. The molecule has 8 heteroatoms. The van der Waals surface area contributed by atoms with E-state index in [9.17, 15) is 10.1 Å². The van der Waals surface area contributed by atoms with Crippen molar-refractivity contribution in [3.05, 3.63) is 52.6 Å². The summed E-state index contributed by atoms with van der Waals surface area (Å²) in [7, 11) is 0. The number of fused-ring (bicyclic) bond motifs is 1. The lowest BCUT2D eigenvalue weighted by atomic mass is 10.2. The molecular weight excluding hydrogens is 260 g/mol. The van der Waals surface area contributed by atoms with E-state index in [4.69, 9.17) is 0 Å². The van der Waals surface area contributed by atoms with Gasteiger partial charge in [0.05, 0.1) is 10.6 Å². The van der Waals surface area contributed by atoms with Crippen molar-refractivity contribution in [2.75, 3.05) is 0 Å². The number of nitro benzene ring substituents is 1. The number of benzene rings is 2. The summed E-state index contributed by atoms with van der Waals surface area (Å²) in [4.78, 5) is 10.5. The zero-order chi connectivity index (χ0) is 13.9. The minimum absolute atomic E-state index is 0.0881. The largest absolute Gasteiger partial charge is 0.299 e. The number of hydrogen-bond acceptors (Lipinski definition) is 6. The zero-order valence-corrected chi connectivity index (χ0v) is 10.1. The lowest BCUT2D eigenvalue weighted by molar-refractivity contribution is -0.384. The highest BCUT2D eigenvalue weighted by molar-refractivity contribution is 5.90. The zero-order valence-electron chi connectivity index (χ0n) is 10.1. The van der Waals surface area contributed by atoms with E-state index >= 15 is 0 Å². The van der Waals surface area contributed by atoms with Crippen molar-refractivity contribution in [3.8, 4) is 0 Å². The standard InChI is InChI=1S/C12H8N6O2/c19-18(20)10-7-6-9-11(16-17-14-9)12(10)15-13-8-4-2-1-3-5-8/h1-7H,(H,14,16,17). The average Bonchev–Trinajstić information content (AvgIpc) is 2.94. The molecule has 0 bridgehead atoms. The molecule has 3 aromatic rings. The second-order valence-corrected chi connectivity index (χ2v) is 3.92. The summed E-state index contributed by atoms with van der Waals surface area (Å²) in [6, 6.07) is 11.8. The second kappa shape index (κ2) is 4.84. The van der Waals surface area contributed by atoms with Crippen LogP contribution in [0, 0.1) is 10.1 Å². The fraction of sp³-hybridized carbons (Fsp3) is 0. The Hall–Kier alpha value is -3.16. The summed E-state index contributed by atoms with van der Waals surface area (Å²) in [6.45, 7) is 0. The van der Waals surface area contributed by atoms with Crippen molar-refractivity contribution >= 4 is 28.1 Å². The molecule has 0 aliphatic rings. The summed E-state index contributed by atoms with van der Waals surface area (Å²) in [5.41, 5.74) is 1.34. The Bertz CT molecular complexity index is 796. The van der Waals surface area contributed by atoms with Crippen LogP contribution in [0.3, 0.4) is 0 Å². The van der Waals surface area contributed by atoms with Gasteiger partial charge in [0.15, 0.2) is 5.69 Å². The molecule has 0 saturated carbocycles. The lowest BCUT2D eigenvalue weighted by Gasteiger charge is -1.96. The topological polar surface area (TPSA) is 109 Å². The van der Waals surface area contributed by atoms with Crippen LogP contribution in [0.5, 0.6) is 0 Å². The summed E-state index contributed by atoms with van der Waals surface area (Å²) in [5.74, 6) is 0. The first-order chi connectivity index (χ1) is 9.75. The van der Waals surface area contributed by atoms with E-state index in [-0.39, 0.29) is 11.4 Å². The summed E-state index contributed by atoms with van der Waals surface area (Å²) in [6.07, 6.45) is 0. The van der Waals surface area contributed by atoms with E-state index in [0.717, 1.165) is 0 Å². The molecule has 8 nitrogen and oxygen atoms in total. The molecule has 0 fully saturated rings. The van der Waals surface area contributed by atoms with Crippen molar-refractivity contribution in [2.45, 2.75) is 0 Å². The van der Waals surface area contributed by atoms with E-state index in [0.29, 0.717) is 16.7 Å². The van der Waals surface area contributed by atoms with Crippen LogP contribution in [-0.2, 0) is 0 Å². The number of aromatic amines is 1. The molecule has 3 rings (SSSR count). The van der Waals surface area contributed by atoms with Gasteiger partial charge >= 0.3 is 0 Å². The summed E-state index contributed by atoms with van der Waals surface area (Å²) in [5, 5.41) is 29.2. The van der Waals surface area contributed by atoms with Gasteiger partial charge in [-0.3, -0.25) is 10.1 Å². The van der Waals surface area contributed by atoms with Crippen LogP contribution in [0.1, 0.15) is 0 Å². The number of nitrogens with one attached hydrogen (secondary N) is 1. The first-order valence-electron chi connectivity index (χ1n) is 5.70. The molecule has 1 heterocycles. The number of hydrogen-bond donors (Lipinski definition) is 1. The Morgan fingerprint density at radius 1 is 1.05 bits per heavy atom. The van der Waals surface area contributed by atoms with Gasteiger partial charge in [0.25, 0.3) is 5.69 Å². The predicted octanol–water partition coefficient (Wildman–Crippen LogP) is 3.28. The van der Waals surface area contributed by atoms with E-state index in [1.54, 1.807) is 24.3 Å². The number of nitrogens with zero attached hydrogens (tertiary/aromatic N) is 5. The highest BCUT2D eigenvalue weighted by Crippen LogP contribution is 2.34. The quantitative estimate of drug-likeness (QED) is 0.446. The van der Waals surface area contributed by atoms with Gasteiger partial charge in [-0.05, 0) is 18.2 Å². The monoisotopic (exact) mass is 268 g/mol. The maximum atomic E-state index is 11.0. The minimum atomic E-state index is -0.520. The normalized spacial score (nSPS) is 11.2. The van der Waals surface area contributed by atoms with Gasteiger partial charge in [0.2, 0.25) is 0 Å². The van der Waals surface area contributed by atoms with E-state index in [2.05, 4.69) is 25.6 Å². The first kappa shape index (κ1) is 11.9. The molecule has 0 saturated heterocycles. The molecule has 0 aliphatic heterocycles.